The highest BCUT2D eigenvalue weighted by atomic mass is 35.5. The number of carbonyl (C=O) groups excluding carboxylic acids is 1. The smallest absolute Gasteiger partial charge is 0.223 e. The van der Waals surface area contributed by atoms with Crippen molar-refractivity contribution in [3.63, 3.8) is 0 Å². The van der Waals surface area contributed by atoms with E-state index in [1.165, 1.54) is 12.6 Å². The number of rotatable bonds is 9. The van der Waals surface area contributed by atoms with Gasteiger partial charge >= 0.3 is 0 Å². The number of halogens is 1. The maximum Gasteiger partial charge on any atom is 0.223 e. The Morgan fingerprint density at radius 3 is 2.86 bits per heavy atom. The molecule has 0 radical (unpaired) electrons. The van der Waals surface area contributed by atoms with Crippen LogP contribution < -0.4 is 15.4 Å². The Kier molecular flexibility index (Phi) is 7.51. The summed E-state index contributed by atoms with van der Waals surface area (Å²) in [7, 11) is -3.04. The molecule has 3 N–H and O–H groups in total. The van der Waals surface area contributed by atoms with E-state index in [-0.39, 0.29) is 23.7 Å². The van der Waals surface area contributed by atoms with Gasteiger partial charge in [-0.05, 0) is 63.3 Å². The van der Waals surface area contributed by atoms with E-state index in [0.717, 1.165) is 16.6 Å². The number of nitrogens with zero attached hydrogens (tertiary/aromatic N) is 2. The second kappa shape index (κ2) is 10.4. The number of aryl methyl sites for hydroxylation is 1. The summed E-state index contributed by atoms with van der Waals surface area (Å²) >= 11 is 6.25. The number of hydrogen-bond donors (Lipinski definition) is 3. The normalized spacial score (nSPS) is 15.7. The van der Waals surface area contributed by atoms with Crippen LogP contribution in [0.3, 0.4) is 0 Å². The van der Waals surface area contributed by atoms with Gasteiger partial charge in [0.05, 0.1) is 22.9 Å². The number of benzene rings is 1. The Balaban J connectivity index is 1.57. The maximum atomic E-state index is 12.8. The van der Waals surface area contributed by atoms with E-state index in [1.807, 2.05) is 19.9 Å². The maximum absolute atomic E-state index is 12.8. The highest BCUT2D eigenvalue weighted by Crippen LogP contribution is 2.37. The van der Waals surface area contributed by atoms with Crippen LogP contribution in [-0.4, -0.2) is 53.9 Å². The Bertz CT molecular complexity index is 1340. The van der Waals surface area contributed by atoms with Crippen molar-refractivity contribution in [2.45, 2.75) is 45.6 Å². The highest BCUT2D eigenvalue weighted by Gasteiger charge is 2.29. The summed E-state index contributed by atoms with van der Waals surface area (Å²) in [5, 5.41) is 7.66. The van der Waals surface area contributed by atoms with Gasteiger partial charge in [-0.15, -0.1) is 0 Å². The topological polar surface area (TPSA) is 126 Å². The number of anilines is 2. The molecular weight excluding hydrogens is 490 g/mol. The average molecular weight is 520 g/mol. The van der Waals surface area contributed by atoms with Crippen LogP contribution in [0.2, 0.25) is 5.02 Å². The Morgan fingerprint density at radius 1 is 1.31 bits per heavy atom. The third kappa shape index (κ3) is 6.24. The van der Waals surface area contributed by atoms with Gasteiger partial charge in [0.2, 0.25) is 5.91 Å². The van der Waals surface area contributed by atoms with Crippen molar-refractivity contribution in [3.8, 4) is 5.75 Å². The van der Waals surface area contributed by atoms with E-state index >= 15 is 0 Å². The van der Waals surface area contributed by atoms with Crippen LogP contribution in [0.4, 0.5) is 11.5 Å². The zero-order valence-corrected chi connectivity index (χ0v) is 21.6. The number of carbonyl (C=O) groups is 1. The van der Waals surface area contributed by atoms with Gasteiger partial charge in [0.1, 0.15) is 33.4 Å². The molecule has 1 atom stereocenters. The fraction of sp³-hybridized carbons (Fsp3) is 0.458. The first-order valence-electron chi connectivity index (χ1n) is 11.6. The lowest BCUT2D eigenvalue weighted by molar-refractivity contribution is -0.125. The van der Waals surface area contributed by atoms with Crippen molar-refractivity contribution in [1.82, 2.24) is 20.3 Å². The average Bonchev–Trinajstić information content (AvgIpc) is 3.16. The molecule has 0 aliphatic heterocycles. The molecule has 1 amide bonds. The van der Waals surface area contributed by atoms with Gasteiger partial charge in [-0.1, -0.05) is 11.6 Å². The summed E-state index contributed by atoms with van der Waals surface area (Å²) in [4.78, 5) is 25.1. The number of H-pyrrole nitrogens is 1. The molecule has 35 heavy (non-hydrogen) atoms. The third-order valence-electron chi connectivity index (χ3n) is 5.90. The standard InChI is InChI=1S/C24H30ClN5O4S/c1-14(2)34-20-8-6-16(25)12-19(20)30-23-21-17-11-15(24(31)26-9-4-10-35(3,32)33)5-7-18(17)29-22(21)27-13-28-23/h6,8,12-15H,4-5,7,9-11H2,1-3H3,(H,26,31)(H2,27,28,29,30)/t15-/m0/s1. The van der Waals surface area contributed by atoms with E-state index in [4.69, 9.17) is 16.3 Å². The summed E-state index contributed by atoms with van der Waals surface area (Å²) in [5.74, 6) is 1.05. The number of ether oxygens (including phenoxy) is 1. The van der Waals surface area contributed by atoms with Crippen LogP contribution in [0, 0.1) is 5.92 Å². The molecule has 2 aromatic heterocycles. The van der Waals surface area contributed by atoms with E-state index < -0.39 is 9.84 Å². The van der Waals surface area contributed by atoms with Crippen LogP contribution in [0.25, 0.3) is 11.0 Å². The molecule has 0 saturated carbocycles. The fourth-order valence-electron chi connectivity index (χ4n) is 4.33. The molecule has 1 aliphatic carbocycles. The number of fused-ring (bicyclic) bond motifs is 3. The molecule has 0 fully saturated rings. The zero-order valence-electron chi connectivity index (χ0n) is 20.0. The second-order valence-electron chi connectivity index (χ2n) is 9.17. The van der Waals surface area contributed by atoms with Gasteiger partial charge in [0, 0.05) is 29.4 Å². The number of aromatic amines is 1. The predicted octanol–water partition coefficient (Wildman–Crippen LogP) is 3.80. The van der Waals surface area contributed by atoms with Gasteiger partial charge in [-0.25, -0.2) is 18.4 Å². The Labute approximate surface area is 209 Å². The molecule has 9 nitrogen and oxygen atoms in total. The second-order valence-corrected chi connectivity index (χ2v) is 11.9. The molecule has 188 valence electrons. The fourth-order valence-corrected chi connectivity index (χ4v) is 5.17. The molecule has 1 aromatic carbocycles. The van der Waals surface area contributed by atoms with Crippen molar-refractivity contribution in [1.29, 1.82) is 0 Å². The van der Waals surface area contributed by atoms with Crippen LogP contribution in [-0.2, 0) is 27.5 Å². The van der Waals surface area contributed by atoms with Gasteiger partial charge in [-0.2, -0.15) is 0 Å². The highest BCUT2D eigenvalue weighted by molar-refractivity contribution is 7.90. The van der Waals surface area contributed by atoms with Crippen LogP contribution in [0.1, 0.15) is 37.9 Å². The lowest BCUT2D eigenvalue weighted by atomic mass is 9.86. The summed E-state index contributed by atoms with van der Waals surface area (Å²) in [5.41, 5.74) is 3.46. The van der Waals surface area contributed by atoms with Crippen molar-refractivity contribution in [2.75, 3.05) is 23.9 Å². The van der Waals surface area contributed by atoms with Crippen LogP contribution in [0.15, 0.2) is 24.5 Å². The third-order valence-corrected chi connectivity index (χ3v) is 7.16. The van der Waals surface area contributed by atoms with Gasteiger partial charge < -0.3 is 20.4 Å². The van der Waals surface area contributed by atoms with Crippen molar-refractivity contribution in [2.24, 2.45) is 5.92 Å². The predicted molar refractivity (Wildman–Crippen MR) is 137 cm³/mol. The summed E-state index contributed by atoms with van der Waals surface area (Å²) in [6, 6.07) is 5.39. The largest absolute Gasteiger partial charge is 0.489 e. The van der Waals surface area contributed by atoms with E-state index in [9.17, 15) is 13.2 Å². The van der Waals surface area contributed by atoms with Gasteiger partial charge in [0.25, 0.3) is 0 Å². The van der Waals surface area contributed by atoms with Gasteiger partial charge in [0.15, 0.2) is 0 Å². The molecular formula is C24H30ClN5O4S. The van der Waals surface area contributed by atoms with Crippen molar-refractivity contribution < 1.29 is 17.9 Å². The molecule has 11 heteroatoms. The number of aromatic nitrogens is 3. The molecule has 0 unspecified atom stereocenters. The minimum absolute atomic E-state index is 0.0149. The minimum atomic E-state index is -3.04. The first-order chi connectivity index (χ1) is 16.6. The summed E-state index contributed by atoms with van der Waals surface area (Å²) in [6.07, 6.45) is 5.03. The minimum Gasteiger partial charge on any atom is -0.489 e. The SMILES string of the molecule is CC(C)Oc1ccc(Cl)cc1Nc1ncnc2[nH]c3c(c12)C[C@@H](C(=O)NCCCS(C)(=O)=O)CC3. The zero-order chi connectivity index (χ0) is 25.2. The number of sulfone groups is 1. The van der Waals surface area contributed by atoms with E-state index in [1.54, 1.807) is 12.1 Å². The van der Waals surface area contributed by atoms with Gasteiger partial charge in [-0.3, -0.25) is 4.79 Å². The molecule has 4 rings (SSSR count). The van der Waals surface area contributed by atoms with E-state index in [2.05, 4.69) is 25.6 Å². The number of nitrogens with one attached hydrogen (secondary N) is 3. The Hall–Kier alpha value is -2.85. The molecule has 1 aliphatic rings. The summed E-state index contributed by atoms with van der Waals surface area (Å²) in [6.45, 7) is 4.25. The first kappa shape index (κ1) is 25.2. The van der Waals surface area contributed by atoms with E-state index in [0.29, 0.717) is 60.2 Å². The van der Waals surface area contributed by atoms with Crippen molar-refractivity contribution in [3.05, 3.63) is 40.8 Å². The van der Waals surface area contributed by atoms with Crippen molar-refractivity contribution >= 4 is 49.9 Å². The lowest BCUT2D eigenvalue weighted by Gasteiger charge is -2.22. The number of amides is 1. The molecule has 0 saturated heterocycles. The monoisotopic (exact) mass is 519 g/mol. The molecule has 2 heterocycles. The quantitative estimate of drug-likeness (QED) is 0.367. The molecule has 3 aromatic rings. The Morgan fingerprint density at radius 2 is 2.11 bits per heavy atom. The first-order valence-corrected chi connectivity index (χ1v) is 14.1. The molecule has 0 spiro atoms. The van der Waals surface area contributed by atoms with Crippen LogP contribution >= 0.6 is 11.6 Å². The number of hydrogen-bond acceptors (Lipinski definition) is 7. The molecule has 0 bridgehead atoms. The lowest BCUT2D eigenvalue weighted by Crippen LogP contribution is -2.35. The summed E-state index contributed by atoms with van der Waals surface area (Å²) < 4.78 is 28.6. The van der Waals surface area contributed by atoms with Crippen LogP contribution in [0.5, 0.6) is 5.75 Å².